The van der Waals surface area contributed by atoms with Crippen LogP contribution < -0.4 is 5.32 Å². The van der Waals surface area contributed by atoms with Crippen LogP contribution in [-0.2, 0) is 14.3 Å². The van der Waals surface area contributed by atoms with Crippen molar-refractivity contribution in [2.75, 3.05) is 13.2 Å². The van der Waals surface area contributed by atoms with Gasteiger partial charge in [0.15, 0.2) is 6.61 Å². The number of carbonyl (C=O) groups is 2. The summed E-state index contributed by atoms with van der Waals surface area (Å²) in [6.45, 7) is 12.7. The molecule has 0 unspecified atom stereocenters. The fourth-order valence-electron chi connectivity index (χ4n) is 1.11. The second-order valence-electron chi connectivity index (χ2n) is 7.06. The third-order valence-corrected chi connectivity index (χ3v) is 2.26. The molecule has 4 heteroatoms. The molecule has 106 valence electrons. The fourth-order valence-corrected chi connectivity index (χ4v) is 1.11. The first kappa shape index (κ1) is 16.9. The van der Waals surface area contributed by atoms with E-state index in [0.717, 1.165) is 6.42 Å². The van der Waals surface area contributed by atoms with Gasteiger partial charge in [-0.2, -0.15) is 0 Å². The summed E-state index contributed by atoms with van der Waals surface area (Å²) in [5, 5.41) is 2.73. The third kappa shape index (κ3) is 11.4. The highest BCUT2D eigenvalue weighted by Gasteiger charge is 2.15. The number of rotatable bonds is 5. The molecule has 0 aliphatic rings. The van der Waals surface area contributed by atoms with Crippen LogP contribution in [0, 0.1) is 10.8 Å². The summed E-state index contributed by atoms with van der Waals surface area (Å²) in [7, 11) is 0. The zero-order valence-corrected chi connectivity index (χ0v) is 12.6. The van der Waals surface area contributed by atoms with Crippen molar-refractivity contribution >= 4 is 11.9 Å². The topological polar surface area (TPSA) is 55.4 Å². The highest BCUT2D eigenvalue weighted by Crippen LogP contribution is 2.20. The molecule has 0 aromatic carbocycles. The average molecular weight is 257 g/mol. The Balaban J connectivity index is 3.76. The number of hydrogen-bond acceptors (Lipinski definition) is 3. The standard InChI is InChI=1S/C14H27NO3/c1-13(2,3)8-7-12(17)18-9-11(16)15-10-14(4,5)6/h7-10H2,1-6H3,(H,15,16). The van der Waals surface area contributed by atoms with Crippen LogP contribution in [0.1, 0.15) is 54.4 Å². The summed E-state index contributed by atoms with van der Waals surface area (Å²) in [4.78, 5) is 22.8. The molecule has 4 nitrogen and oxygen atoms in total. The monoisotopic (exact) mass is 257 g/mol. The van der Waals surface area contributed by atoms with Crippen LogP contribution in [0.25, 0.3) is 0 Å². The van der Waals surface area contributed by atoms with Gasteiger partial charge in [0.1, 0.15) is 0 Å². The van der Waals surface area contributed by atoms with Gasteiger partial charge in [-0.1, -0.05) is 41.5 Å². The van der Waals surface area contributed by atoms with Gasteiger partial charge in [-0.25, -0.2) is 0 Å². The molecule has 0 saturated heterocycles. The zero-order valence-electron chi connectivity index (χ0n) is 12.6. The van der Waals surface area contributed by atoms with E-state index in [4.69, 9.17) is 4.74 Å². The van der Waals surface area contributed by atoms with Gasteiger partial charge in [0, 0.05) is 13.0 Å². The minimum absolute atomic E-state index is 0.0336. The van der Waals surface area contributed by atoms with Crippen molar-refractivity contribution in [2.24, 2.45) is 10.8 Å². The molecular formula is C14H27NO3. The maximum Gasteiger partial charge on any atom is 0.306 e. The second-order valence-corrected chi connectivity index (χ2v) is 7.06. The normalized spacial score (nSPS) is 12.1. The van der Waals surface area contributed by atoms with Crippen LogP contribution in [0.15, 0.2) is 0 Å². The number of hydrogen-bond donors (Lipinski definition) is 1. The van der Waals surface area contributed by atoms with Crippen LogP contribution in [0.2, 0.25) is 0 Å². The molecule has 1 amide bonds. The van der Waals surface area contributed by atoms with Crippen molar-refractivity contribution in [1.82, 2.24) is 5.32 Å². The van der Waals surface area contributed by atoms with E-state index in [1.54, 1.807) is 0 Å². The number of carbonyl (C=O) groups excluding carboxylic acids is 2. The van der Waals surface area contributed by atoms with Crippen LogP contribution in [-0.4, -0.2) is 25.0 Å². The summed E-state index contributed by atoms with van der Waals surface area (Å²) in [6, 6.07) is 0. The first-order valence-corrected chi connectivity index (χ1v) is 6.42. The first-order chi connectivity index (χ1) is 7.99. The van der Waals surface area contributed by atoms with Gasteiger partial charge in [-0.05, 0) is 17.3 Å². The Bertz CT molecular complexity index is 254. The minimum Gasteiger partial charge on any atom is -0.456 e. The lowest BCUT2D eigenvalue weighted by Gasteiger charge is -2.19. The van der Waals surface area contributed by atoms with E-state index < -0.39 is 0 Å². The van der Waals surface area contributed by atoms with E-state index in [9.17, 15) is 9.59 Å². The molecule has 0 aliphatic heterocycles. The summed E-state index contributed by atoms with van der Waals surface area (Å²) < 4.78 is 4.91. The Morgan fingerprint density at radius 2 is 1.56 bits per heavy atom. The maximum atomic E-state index is 11.4. The maximum absolute atomic E-state index is 11.4. The first-order valence-electron chi connectivity index (χ1n) is 6.42. The molecule has 0 bridgehead atoms. The van der Waals surface area contributed by atoms with E-state index in [1.165, 1.54) is 0 Å². The summed E-state index contributed by atoms with van der Waals surface area (Å²) in [6.07, 6.45) is 1.12. The number of nitrogens with one attached hydrogen (secondary N) is 1. The van der Waals surface area contributed by atoms with Crippen molar-refractivity contribution in [3.8, 4) is 0 Å². The zero-order chi connectivity index (χ0) is 14.4. The van der Waals surface area contributed by atoms with Gasteiger partial charge in [-0.3, -0.25) is 9.59 Å². The molecule has 0 atom stereocenters. The number of amides is 1. The molecule has 0 aromatic rings. The SMILES string of the molecule is CC(C)(C)CCC(=O)OCC(=O)NCC(C)(C)C. The number of ether oxygens (including phenoxy) is 1. The predicted octanol–water partition coefficient (Wildman–Crippen LogP) is 2.52. The van der Waals surface area contributed by atoms with Crippen LogP contribution in [0.4, 0.5) is 0 Å². The quantitative estimate of drug-likeness (QED) is 0.770. The van der Waals surface area contributed by atoms with Crippen molar-refractivity contribution in [3.63, 3.8) is 0 Å². The Kier molecular flexibility index (Phi) is 6.36. The van der Waals surface area contributed by atoms with Crippen LogP contribution >= 0.6 is 0 Å². The van der Waals surface area contributed by atoms with Crippen LogP contribution in [0.5, 0.6) is 0 Å². The molecule has 0 heterocycles. The average Bonchev–Trinajstić information content (AvgIpc) is 2.18. The number of esters is 1. The third-order valence-electron chi connectivity index (χ3n) is 2.26. The Hall–Kier alpha value is -1.06. The van der Waals surface area contributed by atoms with E-state index in [0.29, 0.717) is 13.0 Å². The largest absolute Gasteiger partial charge is 0.456 e. The fraction of sp³-hybridized carbons (Fsp3) is 0.857. The summed E-state index contributed by atoms with van der Waals surface area (Å²) >= 11 is 0. The van der Waals surface area contributed by atoms with Crippen molar-refractivity contribution in [2.45, 2.75) is 54.4 Å². The van der Waals surface area contributed by atoms with E-state index in [2.05, 4.69) is 26.1 Å². The van der Waals surface area contributed by atoms with E-state index in [1.807, 2.05) is 20.8 Å². The summed E-state index contributed by atoms with van der Waals surface area (Å²) in [5.41, 5.74) is 0.138. The molecule has 0 rings (SSSR count). The molecule has 0 saturated carbocycles. The highest BCUT2D eigenvalue weighted by molar-refractivity contribution is 5.80. The predicted molar refractivity (Wildman–Crippen MR) is 72.1 cm³/mol. The molecule has 0 aromatic heterocycles. The lowest BCUT2D eigenvalue weighted by atomic mass is 9.91. The van der Waals surface area contributed by atoms with E-state index in [-0.39, 0.29) is 29.3 Å². The minimum atomic E-state index is -0.309. The van der Waals surface area contributed by atoms with Gasteiger partial charge in [0.2, 0.25) is 0 Å². The lowest BCUT2D eigenvalue weighted by Crippen LogP contribution is -2.35. The summed E-state index contributed by atoms with van der Waals surface area (Å²) in [5.74, 6) is -0.551. The molecule has 18 heavy (non-hydrogen) atoms. The van der Waals surface area contributed by atoms with Gasteiger partial charge in [0.05, 0.1) is 0 Å². The molecular weight excluding hydrogens is 230 g/mol. The van der Waals surface area contributed by atoms with Crippen LogP contribution in [0.3, 0.4) is 0 Å². The van der Waals surface area contributed by atoms with Gasteiger partial charge < -0.3 is 10.1 Å². The van der Waals surface area contributed by atoms with Crippen molar-refractivity contribution in [1.29, 1.82) is 0 Å². The Labute approximate surface area is 110 Å². The molecule has 1 N–H and O–H groups in total. The van der Waals surface area contributed by atoms with Gasteiger partial charge >= 0.3 is 5.97 Å². The van der Waals surface area contributed by atoms with Gasteiger partial charge in [0.25, 0.3) is 5.91 Å². The Morgan fingerprint density at radius 1 is 1.00 bits per heavy atom. The molecule has 0 fully saturated rings. The smallest absolute Gasteiger partial charge is 0.306 e. The molecule has 0 spiro atoms. The second kappa shape index (κ2) is 6.76. The van der Waals surface area contributed by atoms with Crippen molar-refractivity contribution in [3.05, 3.63) is 0 Å². The van der Waals surface area contributed by atoms with Gasteiger partial charge in [-0.15, -0.1) is 0 Å². The highest BCUT2D eigenvalue weighted by atomic mass is 16.5. The van der Waals surface area contributed by atoms with Crippen molar-refractivity contribution < 1.29 is 14.3 Å². The Morgan fingerprint density at radius 3 is 2.00 bits per heavy atom. The van der Waals surface area contributed by atoms with E-state index >= 15 is 0 Å². The molecule has 0 radical (unpaired) electrons. The lowest BCUT2D eigenvalue weighted by molar-refractivity contribution is -0.149. The molecule has 0 aliphatic carbocycles.